The molecule has 1 rings (SSSR count). The molecule has 0 bridgehead atoms. The number of hydrogen-bond donors (Lipinski definition) is 1. The predicted octanol–water partition coefficient (Wildman–Crippen LogP) is 1.81. The molecular formula is C11H21NO2S. The largest absolute Gasteiger partial charge is 0.465 e. The molecule has 0 aliphatic carbocycles. The molecule has 1 heterocycles. The molecular weight excluding hydrogens is 210 g/mol. The molecule has 0 aromatic rings. The topological polar surface area (TPSA) is 38.3 Å². The van der Waals surface area contributed by atoms with Crippen molar-refractivity contribution in [3.05, 3.63) is 0 Å². The van der Waals surface area contributed by atoms with E-state index in [0.717, 1.165) is 13.0 Å². The van der Waals surface area contributed by atoms with Gasteiger partial charge in [-0.25, -0.2) is 0 Å². The Morgan fingerprint density at radius 3 is 2.93 bits per heavy atom. The van der Waals surface area contributed by atoms with Crippen molar-refractivity contribution in [3.8, 4) is 0 Å². The first-order chi connectivity index (χ1) is 7.27. The van der Waals surface area contributed by atoms with E-state index in [1.807, 2.05) is 25.6 Å². The van der Waals surface area contributed by atoms with Crippen LogP contribution >= 0.6 is 11.8 Å². The van der Waals surface area contributed by atoms with Crippen LogP contribution in [0.3, 0.4) is 0 Å². The van der Waals surface area contributed by atoms with E-state index in [0.29, 0.717) is 11.9 Å². The lowest BCUT2D eigenvalue weighted by molar-refractivity contribution is -0.145. The van der Waals surface area contributed by atoms with E-state index < -0.39 is 0 Å². The van der Waals surface area contributed by atoms with Crippen molar-refractivity contribution in [1.29, 1.82) is 0 Å². The van der Waals surface area contributed by atoms with Crippen molar-refractivity contribution in [2.24, 2.45) is 0 Å². The molecule has 0 aromatic carbocycles. The molecule has 4 heteroatoms. The molecule has 1 aliphatic heterocycles. The zero-order valence-electron chi connectivity index (χ0n) is 9.62. The minimum Gasteiger partial charge on any atom is -0.465 e. The normalized spacial score (nSPS) is 22.7. The van der Waals surface area contributed by atoms with Crippen LogP contribution in [-0.4, -0.2) is 36.2 Å². The molecule has 88 valence electrons. The van der Waals surface area contributed by atoms with Crippen LogP contribution in [0, 0.1) is 0 Å². The number of carbonyl (C=O) groups excluding carboxylic acids is 1. The lowest BCUT2D eigenvalue weighted by Gasteiger charge is -2.17. The Hall–Kier alpha value is -0.220. The summed E-state index contributed by atoms with van der Waals surface area (Å²) in [7, 11) is 0. The Morgan fingerprint density at radius 2 is 2.40 bits per heavy atom. The van der Waals surface area contributed by atoms with Crippen LogP contribution in [0.5, 0.6) is 0 Å². The Kier molecular flexibility index (Phi) is 6.10. The molecule has 2 unspecified atom stereocenters. The minimum atomic E-state index is -0.119. The van der Waals surface area contributed by atoms with Gasteiger partial charge in [0, 0.05) is 11.8 Å². The van der Waals surface area contributed by atoms with E-state index in [9.17, 15) is 4.79 Å². The molecule has 0 aromatic heterocycles. The fourth-order valence-electron chi connectivity index (χ4n) is 1.72. The van der Waals surface area contributed by atoms with Gasteiger partial charge < -0.3 is 10.1 Å². The van der Waals surface area contributed by atoms with Gasteiger partial charge >= 0.3 is 5.97 Å². The second-order valence-electron chi connectivity index (χ2n) is 3.76. The standard InChI is InChI=1S/C11H21NO2S/c1-3-10(11(13)14-4-2)12-8-9-6-5-7-15-9/h9-10,12H,3-8H2,1-2H3. The van der Waals surface area contributed by atoms with Gasteiger partial charge in [-0.1, -0.05) is 6.92 Å². The number of carbonyl (C=O) groups is 1. The third kappa shape index (κ3) is 4.43. The average molecular weight is 231 g/mol. The predicted molar refractivity (Wildman–Crippen MR) is 64.2 cm³/mol. The van der Waals surface area contributed by atoms with Gasteiger partial charge in [0.25, 0.3) is 0 Å². The van der Waals surface area contributed by atoms with E-state index >= 15 is 0 Å². The maximum Gasteiger partial charge on any atom is 0.323 e. The second kappa shape index (κ2) is 7.12. The first-order valence-electron chi connectivity index (χ1n) is 5.79. The van der Waals surface area contributed by atoms with Crippen LogP contribution in [0.1, 0.15) is 33.1 Å². The van der Waals surface area contributed by atoms with Crippen LogP contribution in [0.2, 0.25) is 0 Å². The van der Waals surface area contributed by atoms with Crippen LogP contribution in [0.25, 0.3) is 0 Å². The molecule has 1 saturated heterocycles. The van der Waals surface area contributed by atoms with Crippen molar-refractivity contribution < 1.29 is 9.53 Å². The summed E-state index contributed by atoms with van der Waals surface area (Å²) in [5.41, 5.74) is 0. The number of ether oxygens (including phenoxy) is 1. The maximum absolute atomic E-state index is 11.5. The number of nitrogens with one attached hydrogen (secondary N) is 1. The van der Waals surface area contributed by atoms with Crippen LogP contribution in [0.15, 0.2) is 0 Å². The van der Waals surface area contributed by atoms with Crippen molar-refractivity contribution in [3.63, 3.8) is 0 Å². The summed E-state index contributed by atoms with van der Waals surface area (Å²) in [4.78, 5) is 11.5. The van der Waals surface area contributed by atoms with Gasteiger partial charge in [-0.15, -0.1) is 0 Å². The molecule has 0 amide bonds. The number of esters is 1. The van der Waals surface area contributed by atoms with Crippen LogP contribution in [0.4, 0.5) is 0 Å². The van der Waals surface area contributed by atoms with Crippen molar-refractivity contribution >= 4 is 17.7 Å². The Balaban J connectivity index is 2.23. The Bertz CT molecular complexity index is 193. The SMILES string of the molecule is CCOC(=O)C(CC)NCC1CCCS1. The summed E-state index contributed by atoms with van der Waals surface area (Å²) < 4.78 is 5.00. The second-order valence-corrected chi connectivity index (χ2v) is 5.16. The van der Waals surface area contributed by atoms with E-state index in [1.54, 1.807) is 0 Å². The van der Waals surface area contributed by atoms with Gasteiger partial charge in [-0.3, -0.25) is 4.79 Å². The summed E-state index contributed by atoms with van der Waals surface area (Å²) in [6.45, 7) is 5.25. The van der Waals surface area contributed by atoms with Crippen molar-refractivity contribution in [2.45, 2.75) is 44.4 Å². The first kappa shape index (κ1) is 12.8. The van der Waals surface area contributed by atoms with Crippen molar-refractivity contribution in [2.75, 3.05) is 18.9 Å². The van der Waals surface area contributed by atoms with E-state index in [2.05, 4.69) is 5.32 Å². The highest BCUT2D eigenvalue weighted by atomic mass is 32.2. The molecule has 1 aliphatic rings. The molecule has 15 heavy (non-hydrogen) atoms. The number of thioether (sulfide) groups is 1. The summed E-state index contributed by atoms with van der Waals surface area (Å²) in [5.74, 6) is 1.16. The quantitative estimate of drug-likeness (QED) is 0.708. The number of hydrogen-bond acceptors (Lipinski definition) is 4. The fraction of sp³-hybridized carbons (Fsp3) is 0.909. The molecule has 3 nitrogen and oxygen atoms in total. The van der Waals surface area contributed by atoms with Gasteiger partial charge in [0.05, 0.1) is 6.61 Å². The fourth-order valence-corrected chi connectivity index (χ4v) is 2.93. The number of rotatable bonds is 6. The third-order valence-electron chi connectivity index (χ3n) is 2.60. The van der Waals surface area contributed by atoms with E-state index in [4.69, 9.17) is 4.74 Å². The molecule has 1 N–H and O–H groups in total. The van der Waals surface area contributed by atoms with Gasteiger partial charge in [-0.05, 0) is 31.9 Å². The zero-order chi connectivity index (χ0) is 11.1. The highest BCUT2D eigenvalue weighted by molar-refractivity contribution is 8.00. The molecule has 0 radical (unpaired) electrons. The summed E-state index contributed by atoms with van der Waals surface area (Å²) in [5, 5.41) is 3.99. The molecule has 0 saturated carbocycles. The average Bonchev–Trinajstić information content (AvgIpc) is 2.72. The van der Waals surface area contributed by atoms with Crippen LogP contribution in [-0.2, 0) is 9.53 Å². The smallest absolute Gasteiger partial charge is 0.323 e. The van der Waals surface area contributed by atoms with Gasteiger partial charge in [-0.2, -0.15) is 11.8 Å². The van der Waals surface area contributed by atoms with E-state index in [1.165, 1.54) is 18.6 Å². The summed E-state index contributed by atoms with van der Waals surface area (Å²) in [6, 6.07) is -0.119. The summed E-state index contributed by atoms with van der Waals surface area (Å²) >= 11 is 2.01. The van der Waals surface area contributed by atoms with Crippen LogP contribution < -0.4 is 5.32 Å². The van der Waals surface area contributed by atoms with E-state index in [-0.39, 0.29) is 12.0 Å². The van der Waals surface area contributed by atoms with Gasteiger partial charge in [0.2, 0.25) is 0 Å². The lowest BCUT2D eigenvalue weighted by Crippen LogP contribution is -2.40. The van der Waals surface area contributed by atoms with Gasteiger partial charge in [0.1, 0.15) is 6.04 Å². The molecule has 1 fully saturated rings. The molecule has 2 atom stereocenters. The maximum atomic E-state index is 11.5. The minimum absolute atomic E-state index is 0.108. The highest BCUT2D eigenvalue weighted by Crippen LogP contribution is 2.25. The Morgan fingerprint density at radius 1 is 1.60 bits per heavy atom. The highest BCUT2D eigenvalue weighted by Gasteiger charge is 2.20. The lowest BCUT2D eigenvalue weighted by atomic mass is 10.2. The Labute approximate surface area is 96.3 Å². The third-order valence-corrected chi connectivity index (χ3v) is 3.99. The van der Waals surface area contributed by atoms with Crippen molar-refractivity contribution in [1.82, 2.24) is 5.32 Å². The first-order valence-corrected chi connectivity index (χ1v) is 6.84. The van der Waals surface area contributed by atoms with Gasteiger partial charge in [0.15, 0.2) is 0 Å². The summed E-state index contributed by atoms with van der Waals surface area (Å²) in [6.07, 6.45) is 3.39. The molecule has 0 spiro atoms. The zero-order valence-corrected chi connectivity index (χ0v) is 10.4. The monoisotopic (exact) mass is 231 g/mol.